The Bertz CT molecular complexity index is 334. The summed E-state index contributed by atoms with van der Waals surface area (Å²) >= 11 is 0. The molecule has 4 heteroatoms. The molecule has 1 aliphatic carbocycles. The van der Waals surface area contributed by atoms with E-state index in [4.69, 9.17) is 9.47 Å². The van der Waals surface area contributed by atoms with E-state index in [-0.39, 0.29) is 11.5 Å². The number of carbonyl (C=O) groups is 1. The summed E-state index contributed by atoms with van der Waals surface area (Å²) in [5.74, 6) is 1.74. The van der Waals surface area contributed by atoms with Crippen molar-refractivity contribution in [1.29, 1.82) is 0 Å². The second-order valence-electron chi connectivity index (χ2n) is 6.57. The first-order chi connectivity index (χ1) is 9.17. The molecule has 3 fully saturated rings. The Balaban J connectivity index is 1.37. The van der Waals surface area contributed by atoms with Crippen LogP contribution in [-0.2, 0) is 14.3 Å². The molecule has 3 aliphatic rings. The highest BCUT2D eigenvalue weighted by molar-refractivity contribution is 5.74. The molecule has 1 saturated carbocycles. The molecule has 3 rings (SSSR count). The predicted octanol–water partition coefficient (Wildman–Crippen LogP) is 1.83. The molecule has 4 nitrogen and oxygen atoms in total. The molecule has 19 heavy (non-hydrogen) atoms. The van der Waals surface area contributed by atoms with Crippen LogP contribution in [0.25, 0.3) is 0 Å². The molecule has 1 atom stereocenters. The highest BCUT2D eigenvalue weighted by Gasteiger charge is 2.48. The Morgan fingerprint density at radius 2 is 2.11 bits per heavy atom. The van der Waals surface area contributed by atoms with Crippen molar-refractivity contribution >= 4 is 5.91 Å². The zero-order chi connectivity index (χ0) is 13.3. The number of amides is 1. The zero-order valence-electron chi connectivity index (χ0n) is 11.9. The van der Waals surface area contributed by atoms with Crippen LogP contribution in [0.5, 0.6) is 0 Å². The number of rotatable bonds is 5. The smallest absolute Gasteiger partial charge is 0.219 e. The maximum absolute atomic E-state index is 11.3. The van der Waals surface area contributed by atoms with Crippen molar-refractivity contribution in [3.05, 3.63) is 0 Å². The first-order valence-electron chi connectivity index (χ1n) is 7.64. The van der Waals surface area contributed by atoms with Gasteiger partial charge in [-0.15, -0.1) is 0 Å². The molecule has 1 amide bonds. The van der Waals surface area contributed by atoms with Crippen molar-refractivity contribution in [1.82, 2.24) is 4.90 Å². The second kappa shape index (κ2) is 5.41. The summed E-state index contributed by atoms with van der Waals surface area (Å²) < 4.78 is 11.7. The molecule has 0 unspecified atom stereocenters. The van der Waals surface area contributed by atoms with E-state index in [9.17, 15) is 4.79 Å². The monoisotopic (exact) mass is 267 g/mol. The Kier molecular flexibility index (Phi) is 3.81. The van der Waals surface area contributed by atoms with Crippen molar-refractivity contribution in [3.63, 3.8) is 0 Å². The number of carbonyl (C=O) groups excluding carboxylic acids is 1. The van der Waals surface area contributed by atoms with Gasteiger partial charge < -0.3 is 14.4 Å². The summed E-state index contributed by atoms with van der Waals surface area (Å²) in [4.78, 5) is 13.1. The third-order valence-corrected chi connectivity index (χ3v) is 4.72. The van der Waals surface area contributed by atoms with Crippen LogP contribution >= 0.6 is 0 Å². The largest absolute Gasteiger partial charge is 0.381 e. The Labute approximate surface area is 115 Å². The summed E-state index contributed by atoms with van der Waals surface area (Å²) in [7, 11) is 0. The van der Waals surface area contributed by atoms with Gasteiger partial charge >= 0.3 is 0 Å². The van der Waals surface area contributed by atoms with Gasteiger partial charge in [0.1, 0.15) is 5.60 Å². The molecule has 0 aromatic rings. The van der Waals surface area contributed by atoms with Crippen LogP contribution in [0, 0.1) is 11.8 Å². The second-order valence-corrected chi connectivity index (χ2v) is 6.57. The average molecular weight is 267 g/mol. The zero-order valence-corrected chi connectivity index (χ0v) is 11.9. The van der Waals surface area contributed by atoms with Crippen molar-refractivity contribution in [2.75, 3.05) is 32.9 Å². The minimum absolute atomic E-state index is 0.0227. The topological polar surface area (TPSA) is 38.8 Å². The molecule has 0 bridgehead atoms. The van der Waals surface area contributed by atoms with Gasteiger partial charge in [0.15, 0.2) is 0 Å². The highest BCUT2D eigenvalue weighted by Crippen LogP contribution is 2.38. The van der Waals surface area contributed by atoms with E-state index in [2.05, 4.69) is 0 Å². The standard InChI is InChI=1S/C15H25NO3/c1-12(17)16-10-15(11-16)8-13(5-7-19-15)4-6-18-9-14-2-3-14/h13-14H,2-11H2,1H3/t13-/m1/s1. The van der Waals surface area contributed by atoms with Crippen LogP contribution in [0.2, 0.25) is 0 Å². The number of ether oxygens (including phenoxy) is 2. The molecule has 0 aromatic heterocycles. The van der Waals surface area contributed by atoms with E-state index in [1.165, 1.54) is 12.8 Å². The predicted molar refractivity (Wildman–Crippen MR) is 71.8 cm³/mol. The number of likely N-dealkylation sites (tertiary alicyclic amines) is 1. The van der Waals surface area contributed by atoms with Crippen molar-refractivity contribution in [2.24, 2.45) is 11.8 Å². The maximum atomic E-state index is 11.3. The van der Waals surface area contributed by atoms with Crippen LogP contribution < -0.4 is 0 Å². The number of nitrogens with zero attached hydrogens (tertiary/aromatic N) is 1. The summed E-state index contributed by atoms with van der Waals surface area (Å²) in [6, 6.07) is 0. The van der Waals surface area contributed by atoms with Gasteiger partial charge in [0.25, 0.3) is 0 Å². The lowest BCUT2D eigenvalue weighted by molar-refractivity contribution is -0.187. The third kappa shape index (κ3) is 3.29. The molecule has 2 saturated heterocycles. The third-order valence-electron chi connectivity index (χ3n) is 4.72. The van der Waals surface area contributed by atoms with Gasteiger partial charge in [-0.05, 0) is 43.9 Å². The van der Waals surface area contributed by atoms with Gasteiger partial charge in [-0.1, -0.05) is 0 Å². The normalized spacial score (nSPS) is 29.3. The fourth-order valence-corrected chi connectivity index (χ4v) is 3.25. The molecular formula is C15H25NO3. The molecule has 0 radical (unpaired) electrons. The van der Waals surface area contributed by atoms with Crippen molar-refractivity contribution in [3.8, 4) is 0 Å². The van der Waals surface area contributed by atoms with E-state index in [1.54, 1.807) is 6.92 Å². The quantitative estimate of drug-likeness (QED) is 0.713. The average Bonchev–Trinajstić information content (AvgIpc) is 3.16. The first-order valence-corrected chi connectivity index (χ1v) is 7.64. The first kappa shape index (κ1) is 13.4. The van der Waals surface area contributed by atoms with Gasteiger partial charge in [-0.3, -0.25) is 4.79 Å². The van der Waals surface area contributed by atoms with Crippen LogP contribution in [0.3, 0.4) is 0 Å². The molecule has 2 heterocycles. The van der Waals surface area contributed by atoms with E-state index in [0.29, 0.717) is 5.92 Å². The van der Waals surface area contributed by atoms with Gasteiger partial charge in [0, 0.05) is 26.7 Å². The van der Waals surface area contributed by atoms with Crippen molar-refractivity contribution < 1.29 is 14.3 Å². The number of hydrogen-bond donors (Lipinski definition) is 0. The lowest BCUT2D eigenvalue weighted by atomic mass is 9.79. The Morgan fingerprint density at radius 1 is 1.32 bits per heavy atom. The molecule has 1 spiro atoms. The van der Waals surface area contributed by atoms with Gasteiger partial charge in [0.05, 0.1) is 13.1 Å². The fourth-order valence-electron chi connectivity index (χ4n) is 3.25. The summed E-state index contributed by atoms with van der Waals surface area (Å²) in [6.45, 7) is 5.93. The van der Waals surface area contributed by atoms with E-state index in [0.717, 1.165) is 58.1 Å². The lowest BCUT2D eigenvalue weighted by Gasteiger charge is -2.53. The van der Waals surface area contributed by atoms with Crippen LogP contribution in [0.4, 0.5) is 0 Å². The summed E-state index contributed by atoms with van der Waals surface area (Å²) in [5.41, 5.74) is -0.0227. The summed E-state index contributed by atoms with van der Waals surface area (Å²) in [6.07, 6.45) is 6.12. The lowest BCUT2D eigenvalue weighted by Crippen LogP contribution is -2.66. The Hall–Kier alpha value is -0.610. The highest BCUT2D eigenvalue weighted by atomic mass is 16.5. The van der Waals surface area contributed by atoms with E-state index < -0.39 is 0 Å². The number of hydrogen-bond acceptors (Lipinski definition) is 3. The minimum atomic E-state index is -0.0227. The van der Waals surface area contributed by atoms with Crippen molar-refractivity contribution in [2.45, 2.75) is 44.6 Å². The molecule has 0 N–H and O–H groups in total. The summed E-state index contributed by atoms with van der Waals surface area (Å²) in [5, 5.41) is 0. The molecular weight excluding hydrogens is 242 g/mol. The van der Waals surface area contributed by atoms with Crippen LogP contribution in [0.15, 0.2) is 0 Å². The SMILES string of the molecule is CC(=O)N1CC2(C[C@H](CCOCC3CC3)CCO2)C1. The Morgan fingerprint density at radius 3 is 2.79 bits per heavy atom. The van der Waals surface area contributed by atoms with Gasteiger partial charge in [-0.25, -0.2) is 0 Å². The molecule has 108 valence electrons. The van der Waals surface area contributed by atoms with Gasteiger partial charge in [-0.2, -0.15) is 0 Å². The molecule has 2 aliphatic heterocycles. The molecule has 0 aromatic carbocycles. The van der Waals surface area contributed by atoms with E-state index in [1.807, 2.05) is 4.90 Å². The van der Waals surface area contributed by atoms with E-state index >= 15 is 0 Å². The maximum Gasteiger partial charge on any atom is 0.219 e. The fraction of sp³-hybridized carbons (Fsp3) is 0.933. The minimum Gasteiger partial charge on any atom is -0.381 e. The van der Waals surface area contributed by atoms with Crippen LogP contribution in [-0.4, -0.2) is 49.3 Å². The van der Waals surface area contributed by atoms with Gasteiger partial charge in [0.2, 0.25) is 5.91 Å². The van der Waals surface area contributed by atoms with Crippen LogP contribution in [0.1, 0.15) is 39.0 Å².